The van der Waals surface area contributed by atoms with Gasteiger partial charge in [0.1, 0.15) is 0 Å². The predicted octanol–water partition coefficient (Wildman–Crippen LogP) is 5.95. The van der Waals surface area contributed by atoms with Crippen molar-refractivity contribution in [3.63, 3.8) is 0 Å². The summed E-state index contributed by atoms with van der Waals surface area (Å²) in [6.07, 6.45) is 8.52. The van der Waals surface area contributed by atoms with Crippen LogP contribution in [0.1, 0.15) is 76.3 Å². The zero-order valence-electron chi connectivity index (χ0n) is 14.3. The van der Waals surface area contributed by atoms with Gasteiger partial charge in [0.15, 0.2) is 0 Å². The van der Waals surface area contributed by atoms with Gasteiger partial charge in [0.2, 0.25) is 0 Å². The fourth-order valence-electron chi connectivity index (χ4n) is 3.20. The fraction of sp³-hybridized carbons (Fsp3) is 0.500. The van der Waals surface area contributed by atoms with Crippen molar-refractivity contribution in [2.45, 2.75) is 65.2 Å². The molecule has 0 amide bonds. The molecule has 0 aromatic carbocycles. The minimum absolute atomic E-state index is 0.615. The highest BCUT2D eigenvalue weighted by Crippen LogP contribution is 2.28. The molecule has 0 spiro atoms. The number of rotatable bonds is 7. The van der Waals surface area contributed by atoms with Crippen LogP contribution in [0.25, 0.3) is 11.4 Å². The van der Waals surface area contributed by atoms with Crippen LogP contribution in [0, 0.1) is 0 Å². The van der Waals surface area contributed by atoms with Crippen LogP contribution in [0.15, 0.2) is 36.7 Å². The Labute approximate surface area is 135 Å². The lowest BCUT2D eigenvalue weighted by Gasteiger charge is -2.15. The first-order valence-corrected chi connectivity index (χ1v) is 8.65. The summed E-state index contributed by atoms with van der Waals surface area (Å²) in [5.41, 5.74) is 4.75. The Kier molecular flexibility index (Phi) is 6.11. The third kappa shape index (κ3) is 3.73. The molecule has 0 bridgehead atoms. The van der Waals surface area contributed by atoms with Gasteiger partial charge in [0.05, 0.1) is 11.4 Å². The topological polar surface area (TPSA) is 25.8 Å². The van der Waals surface area contributed by atoms with Crippen LogP contribution in [-0.2, 0) is 0 Å². The third-order valence-corrected chi connectivity index (χ3v) is 4.74. The van der Waals surface area contributed by atoms with E-state index in [0.717, 1.165) is 11.4 Å². The molecule has 2 heterocycles. The SMILES string of the molecule is CCC(CC)c1ccnc(-c2cc(C(CC)CC)ccn2)c1. The quantitative estimate of drug-likeness (QED) is 0.631. The molecule has 2 rings (SSSR count). The van der Waals surface area contributed by atoms with Crippen molar-refractivity contribution in [1.82, 2.24) is 9.97 Å². The van der Waals surface area contributed by atoms with Crippen molar-refractivity contribution in [2.75, 3.05) is 0 Å². The van der Waals surface area contributed by atoms with Gasteiger partial charge in [0.25, 0.3) is 0 Å². The van der Waals surface area contributed by atoms with E-state index in [9.17, 15) is 0 Å². The largest absolute Gasteiger partial charge is 0.255 e. The van der Waals surface area contributed by atoms with Crippen molar-refractivity contribution in [3.8, 4) is 11.4 Å². The van der Waals surface area contributed by atoms with E-state index in [1.54, 1.807) is 0 Å². The highest BCUT2D eigenvalue weighted by molar-refractivity contribution is 5.56. The maximum atomic E-state index is 4.55. The Balaban J connectivity index is 2.36. The highest BCUT2D eigenvalue weighted by atomic mass is 14.8. The van der Waals surface area contributed by atoms with Crippen LogP contribution in [0.4, 0.5) is 0 Å². The first-order chi connectivity index (χ1) is 10.7. The minimum atomic E-state index is 0.615. The van der Waals surface area contributed by atoms with Crippen molar-refractivity contribution < 1.29 is 0 Å². The van der Waals surface area contributed by atoms with Gasteiger partial charge in [-0.15, -0.1) is 0 Å². The zero-order valence-corrected chi connectivity index (χ0v) is 14.3. The summed E-state index contributed by atoms with van der Waals surface area (Å²) in [7, 11) is 0. The van der Waals surface area contributed by atoms with Gasteiger partial charge in [0, 0.05) is 12.4 Å². The first-order valence-electron chi connectivity index (χ1n) is 8.65. The number of nitrogens with zero attached hydrogens (tertiary/aromatic N) is 2. The molecule has 2 heteroatoms. The summed E-state index contributed by atoms with van der Waals surface area (Å²) in [4.78, 5) is 9.10. The molecule has 0 aliphatic rings. The van der Waals surface area contributed by atoms with E-state index in [0.29, 0.717) is 11.8 Å². The second-order valence-corrected chi connectivity index (χ2v) is 5.98. The average molecular weight is 296 g/mol. The maximum absolute atomic E-state index is 4.55. The smallest absolute Gasteiger partial charge is 0.0889 e. The lowest BCUT2D eigenvalue weighted by molar-refractivity contribution is 0.640. The van der Waals surface area contributed by atoms with Crippen LogP contribution in [0.5, 0.6) is 0 Å². The summed E-state index contributed by atoms with van der Waals surface area (Å²) >= 11 is 0. The Morgan fingerprint density at radius 2 is 1.05 bits per heavy atom. The number of hydrogen-bond acceptors (Lipinski definition) is 2. The molecule has 22 heavy (non-hydrogen) atoms. The molecule has 118 valence electrons. The molecule has 0 atom stereocenters. The number of aromatic nitrogens is 2. The average Bonchev–Trinajstić information content (AvgIpc) is 2.58. The fourth-order valence-corrected chi connectivity index (χ4v) is 3.20. The first kappa shape index (κ1) is 16.7. The summed E-state index contributed by atoms with van der Waals surface area (Å²) in [6, 6.07) is 8.73. The van der Waals surface area contributed by atoms with E-state index in [4.69, 9.17) is 0 Å². The van der Waals surface area contributed by atoms with E-state index in [2.05, 4.69) is 61.9 Å². The van der Waals surface area contributed by atoms with E-state index in [1.807, 2.05) is 12.4 Å². The molecule has 0 aliphatic heterocycles. The molecule has 0 saturated heterocycles. The summed E-state index contributed by atoms with van der Waals surface area (Å²) < 4.78 is 0. The van der Waals surface area contributed by atoms with E-state index in [1.165, 1.54) is 36.8 Å². The summed E-state index contributed by atoms with van der Waals surface area (Å²) in [5.74, 6) is 1.23. The van der Waals surface area contributed by atoms with Gasteiger partial charge in [-0.05, 0) is 72.9 Å². The molecule has 0 radical (unpaired) electrons. The second kappa shape index (κ2) is 8.07. The standard InChI is InChI=1S/C20H28N2/c1-5-15(6-2)17-9-11-21-19(13-17)20-14-18(10-12-22-20)16(7-3)8-4/h9-16H,5-8H2,1-4H3. The van der Waals surface area contributed by atoms with Gasteiger partial charge in [-0.1, -0.05) is 27.7 Å². The van der Waals surface area contributed by atoms with E-state index < -0.39 is 0 Å². The molecule has 0 aliphatic carbocycles. The number of pyridine rings is 2. The lowest BCUT2D eigenvalue weighted by atomic mass is 9.92. The van der Waals surface area contributed by atoms with Crippen LogP contribution >= 0.6 is 0 Å². The van der Waals surface area contributed by atoms with Gasteiger partial charge in [-0.3, -0.25) is 9.97 Å². The van der Waals surface area contributed by atoms with E-state index in [-0.39, 0.29) is 0 Å². The Bertz CT molecular complexity index is 530. The lowest BCUT2D eigenvalue weighted by Crippen LogP contribution is -1.99. The molecule has 0 fully saturated rings. The van der Waals surface area contributed by atoms with Crippen LogP contribution in [0.2, 0.25) is 0 Å². The van der Waals surface area contributed by atoms with E-state index >= 15 is 0 Å². The van der Waals surface area contributed by atoms with Crippen molar-refractivity contribution >= 4 is 0 Å². The van der Waals surface area contributed by atoms with Gasteiger partial charge in [-0.2, -0.15) is 0 Å². The molecule has 0 unspecified atom stereocenters. The van der Waals surface area contributed by atoms with Crippen LogP contribution in [-0.4, -0.2) is 9.97 Å². The Morgan fingerprint density at radius 1 is 0.682 bits per heavy atom. The maximum Gasteiger partial charge on any atom is 0.0889 e. The molecule has 2 nitrogen and oxygen atoms in total. The summed E-state index contributed by atoms with van der Waals surface area (Å²) in [6.45, 7) is 9.00. The Hall–Kier alpha value is -1.70. The minimum Gasteiger partial charge on any atom is -0.255 e. The molecular formula is C20H28N2. The molecule has 2 aromatic heterocycles. The molecule has 2 aromatic rings. The van der Waals surface area contributed by atoms with Gasteiger partial charge in [-0.25, -0.2) is 0 Å². The molecule has 0 saturated carbocycles. The van der Waals surface area contributed by atoms with Gasteiger partial charge >= 0.3 is 0 Å². The number of hydrogen-bond donors (Lipinski definition) is 0. The van der Waals surface area contributed by atoms with Crippen molar-refractivity contribution in [1.29, 1.82) is 0 Å². The van der Waals surface area contributed by atoms with Crippen LogP contribution in [0.3, 0.4) is 0 Å². The van der Waals surface area contributed by atoms with Crippen molar-refractivity contribution in [3.05, 3.63) is 47.8 Å². The molecule has 0 N–H and O–H groups in total. The van der Waals surface area contributed by atoms with Gasteiger partial charge < -0.3 is 0 Å². The third-order valence-electron chi connectivity index (χ3n) is 4.74. The predicted molar refractivity (Wildman–Crippen MR) is 94.1 cm³/mol. The normalized spacial score (nSPS) is 11.4. The second-order valence-electron chi connectivity index (χ2n) is 5.98. The van der Waals surface area contributed by atoms with Crippen LogP contribution < -0.4 is 0 Å². The van der Waals surface area contributed by atoms with Crippen molar-refractivity contribution in [2.24, 2.45) is 0 Å². The molecular weight excluding hydrogens is 268 g/mol. The summed E-state index contributed by atoms with van der Waals surface area (Å²) in [5, 5.41) is 0. The Morgan fingerprint density at radius 3 is 1.36 bits per heavy atom. The zero-order chi connectivity index (χ0) is 15.9. The monoisotopic (exact) mass is 296 g/mol. The highest BCUT2D eigenvalue weighted by Gasteiger charge is 2.12.